The molecule has 0 bridgehead atoms. The maximum Gasteiger partial charge on any atom is 0.339 e. The first-order valence-corrected chi connectivity index (χ1v) is 13.1. The highest BCUT2D eigenvalue weighted by molar-refractivity contribution is 9.11. The van der Waals surface area contributed by atoms with Gasteiger partial charge in [0.2, 0.25) is 0 Å². The van der Waals surface area contributed by atoms with Crippen molar-refractivity contribution in [2.24, 2.45) is 0 Å². The molecular formula is C24H16Br2N2O7S. The average Bonchev–Trinajstić information content (AvgIpc) is 2.84. The maximum atomic E-state index is 13.3. The summed E-state index contributed by atoms with van der Waals surface area (Å²) >= 11 is 6.59. The zero-order valence-electron chi connectivity index (χ0n) is 18.4. The molecule has 0 aliphatic carbocycles. The summed E-state index contributed by atoms with van der Waals surface area (Å²) in [5.41, 5.74) is -0.106. The van der Waals surface area contributed by atoms with Gasteiger partial charge in [0, 0.05) is 10.0 Å². The first-order chi connectivity index (χ1) is 17.1. The average molecular weight is 636 g/mol. The van der Waals surface area contributed by atoms with E-state index in [0.29, 0.717) is 10.2 Å². The van der Waals surface area contributed by atoms with E-state index in [0.717, 1.165) is 11.0 Å². The Labute approximate surface area is 223 Å². The number of nitrogens with zero attached hydrogens (tertiary/aromatic N) is 1. The first kappa shape index (κ1) is 25.6. The lowest BCUT2D eigenvalue weighted by atomic mass is 10.1. The molecule has 1 N–H and O–H groups in total. The number of amides is 4. The van der Waals surface area contributed by atoms with Crippen molar-refractivity contribution in [3.63, 3.8) is 0 Å². The number of carbonyl (C=O) groups is 3. The summed E-state index contributed by atoms with van der Waals surface area (Å²) in [5, 5.41) is 2.13. The number of hydrogen-bond acceptors (Lipinski definition) is 7. The molecule has 4 amide bonds. The summed E-state index contributed by atoms with van der Waals surface area (Å²) in [6.45, 7) is 0. The number of barbiturate groups is 1. The van der Waals surface area contributed by atoms with Crippen molar-refractivity contribution in [2.45, 2.75) is 4.90 Å². The van der Waals surface area contributed by atoms with E-state index in [1.54, 1.807) is 36.4 Å². The Balaban J connectivity index is 1.78. The van der Waals surface area contributed by atoms with Crippen LogP contribution in [0.3, 0.4) is 0 Å². The lowest BCUT2D eigenvalue weighted by molar-refractivity contribution is -0.122. The van der Waals surface area contributed by atoms with Gasteiger partial charge in [0.25, 0.3) is 11.8 Å². The van der Waals surface area contributed by atoms with E-state index in [-0.39, 0.29) is 26.4 Å². The van der Waals surface area contributed by atoms with Gasteiger partial charge in [0.1, 0.15) is 16.2 Å². The molecule has 1 fully saturated rings. The number of benzene rings is 3. The van der Waals surface area contributed by atoms with Gasteiger partial charge in [-0.3, -0.25) is 14.9 Å². The zero-order valence-corrected chi connectivity index (χ0v) is 22.4. The van der Waals surface area contributed by atoms with Crippen LogP contribution in [-0.4, -0.2) is 33.4 Å². The third-order valence-electron chi connectivity index (χ3n) is 4.99. The molecule has 12 heteroatoms. The number of urea groups is 1. The second-order valence-electron chi connectivity index (χ2n) is 7.31. The van der Waals surface area contributed by atoms with Crippen LogP contribution in [0.4, 0.5) is 10.5 Å². The van der Waals surface area contributed by atoms with Gasteiger partial charge in [-0.1, -0.05) is 34.1 Å². The Morgan fingerprint density at radius 2 is 1.61 bits per heavy atom. The molecule has 0 radical (unpaired) electrons. The van der Waals surface area contributed by atoms with Crippen molar-refractivity contribution in [3.05, 3.63) is 86.8 Å². The number of nitrogens with one attached hydrogen (secondary N) is 1. The summed E-state index contributed by atoms with van der Waals surface area (Å²) in [7, 11) is -2.77. The summed E-state index contributed by atoms with van der Waals surface area (Å²) in [4.78, 5) is 39.1. The van der Waals surface area contributed by atoms with Crippen molar-refractivity contribution in [2.75, 3.05) is 12.0 Å². The van der Waals surface area contributed by atoms with E-state index < -0.39 is 33.5 Å². The maximum absolute atomic E-state index is 13.3. The minimum absolute atomic E-state index is 0.0822. The summed E-state index contributed by atoms with van der Waals surface area (Å²) in [6.07, 6.45) is 1.16. The third kappa shape index (κ3) is 5.20. The second-order valence-corrected chi connectivity index (χ2v) is 10.6. The van der Waals surface area contributed by atoms with Crippen LogP contribution in [0, 0.1) is 0 Å². The van der Waals surface area contributed by atoms with E-state index in [9.17, 15) is 22.8 Å². The van der Waals surface area contributed by atoms with Crippen LogP contribution >= 0.6 is 31.9 Å². The molecular weight excluding hydrogens is 620 g/mol. The van der Waals surface area contributed by atoms with Gasteiger partial charge >= 0.3 is 16.1 Å². The molecule has 0 saturated carbocycles. The smallest absolute Gasteiger partial charge is 0.339 e. The number of halogens is 2. The Kier molecular flexibility index (Phi) is 7.29. The van der Waals surface area contributed by atoms with E-state index >= 15 is 0 Å². The molecule has 4 rings (SSSR count). The molecule has 1 aliphatic heterocycles. The minimum atomic E-state index is -4.24. The summed E-state index contributed by atoms with van der Waals surface area (Å²) < 4.78 is 37.0. The normalized spacial score (nSPS) is 15.1. The molecule has 3 aromatic rings. The largest absolute Gasteiger partial charge is 0.497 e. The van der Waals surface area contributed by atoms with Gasteiger partial charge in [0.15, 0.2) is 5.75 Å². The number of imide groups is 2. The summed E-state index contributed by atoms with van der Waals surface area (Å²) in [6, 6.07) is 15.7. The van der Waals surface area contributed by atoms with Gasteiger partial charge < -0.3 is 8.92 Å². The number of methoxy groups -OCH3 is 1. The Morgan fingerprint density at radius 3 is 2.25 bits per heavy atom. The molecule has 0 aromatic heterocycles. The van der Waals surface area contributed by atoms with E-state index in [2.05, 4.69) is 37.2 Å². The lowest BCUT2D eigenvalue weighted by Crippen LogP contribution is -2.54. The van der Waals surface area contributed by atoms with Gasteiger partial charge in [0.05, 0.1) is 17.3 Å². The summed E-state index contributed by atoms with van der Waals surface area (Å²) in [5.74, 6) is -1.48. The third-order valence-corrected chi connectivity index (χ3v) is 7.28. The van der Waals surface area contributed by atoms with Crippen LogP contribution in [-0.2, 0) is 19.7 Å². The van der Waals surface area contributed by atoms with Crippen LogP contribution in [0.25, 0.3) is 6.08 Å². The Hall–Kier alpha value is -3.48. The SMILES string of the molecule is COc1ccc(N2C(=O)NC(=O)/C(=C\c3cc(Br)cc(Br)c3OS(=O)(=O)c3ccccc3)C2=O)cc1. The highest BCUT2D eigenvalue weighted by Gasteiger charge is 2.37. The molecule has 36 heavy (non-hydrogen) atoms. The van der Waals surface area contributed by atoms with Crippen molar-refractivity contribution < 1.29 is 31.7 Å². The number of hydrogen-bond donors (Lipinski definition) is 1. The fourth-order valence-electron chi connectivity index (χ4n) is 3.30. The van der Waals surface area contributed by atoms with Crippen LogP contribution in [0.15, 0.2) is 86.1 Å². The zero-order chi connectivity index (χ0) is 26.0. The number of anilines is 1. The van der Waals surface area contributed by atoms with Gasteiger partial charge in [-0.25, -0.2) is 9.69 Å². The number of rotatable bonds is 6. The predicted molar refractivity (Wildman–Crippen MR) is 138 cm³/mol. The quantitative estimate of drug-likeness (QED) is 0.238. The fourth-order valence-corrected chi connectivity index (χ4v) is 5.74. The molecule has 1 aliphatic rings. The molecule has 1 heterocycles. The molecule has 0 unspecified atom stereocenters. The Bertz CT molecular complexity index is 1510. The van der Waals surface area contributed by atoms with Gasteiger partial charge in [-0.2, -0.15) is 8.42 Å². The molecule has 1 saturated heterocycles. The standard InChI is InChI=1S/C24H16Br2N2O7S/c1-34-17-9-7-16(8-10-17)28-23(30)19(22(29)27-24(28)31)12-14-11-15(25)13-20(26)21(14)35-36(32,33)18-5-3-2-4-6-18/h2-13H,1H3,(H,27,29,31)/b19-12+. The number of carbonyl (C=O) groups excluding carboxylic acids is 3. The molecule has 3 aromatic carbocycles. The van der Waals surface area contributed by atoms with Crippen molar-refractivity contribution in [1.29, 1.82) is 0 Å². The number of ether oxygens (including phenoxy) is 1. The van der Waals surface area contributed by atoms with Crippen molar-refractivity contribution in [3.8, 4) is 11.5 Å². The Morgan fingerprint density at radius 1 is 0.944 bits per heavy atom. The lowest BCUT2D eigenvalue weighted by Gasteiger charge is -2.26. The van der Waals surface area contributed by atoms with Gasteiger partial charge in [-0.05, 0) is 70.5 Å². The topological polar surface area (TPSA) is 119 Å². The molecule has 0 spiro atoms. The highest BCUT2D eigenvalue weighted by Crippen LogP contribution is 2.37. The minimum Gasteiger partial charge on any atom is -0.497 e. The highest BCUT2D eigenvalue weighted by atomic mass is 79.9. The first-order valence-electron chi connectivity index (χ1n) is 10.1. The van der Waals surface area contributed by atoms with Gasteiger partial charge in [-0.15, -0.1) is 0 Å². The molecule has 9 nitrogen and oxygen atoms in total. The van der Waals surface area contributed by atoms with E-state index in [1.807, 2.05) is 0 Å². The molecule has 184 valence electrons. The fraction of sp³-hybridized carbons (Fsp3) is 0.0417. The van der Waals surface area contributed by atoms with Crippen LogP contribution in [0.1, 0.15) is 5.56 Å². The van der Waals surface area contributed by atoms with Crippen LogP contribution in [0.5, 0.6) is 11.5 Å². The van der Waals surface area contributed by atoms with E-state index in [1.165, 1.54) is 37.4 Å². The van der Waals surface area contributed by atoms with E-state index in [4.69, 9.17) is 8.92 Å². The van der Waals surface area contributed by atoms with Crippen molar-refractivity contribution >= 4 is 71.6 Å². The second kappa shape index (κ2) is 10.2. The predicted octanol–water partition coefficient (Wildman–Crippen LogP) is 4.65. The molecule has 0 atom stereocenters. The van der Waals surface area contributed by atoms with Crippen molar-refractivity contribution in [1.82, 2.24) is 5.32 Å². The monoisotopic (exact) mass is 634 g/mol. The van der Waals surface area contributed by atoms with Crippen LogP contribution < -0.4 is 19.1 Å². The van der Waals surface area contributed by atoms with Crippen LogP contribution in [0.2, 0.25) is 0 Å².